The summed E-state index contributed by atoms with van der Waals surface area (Å²) in [7, 11) is 1.49. The van der Waals surface area contributed by atoms with Gasteiger partial charge in [0.2, 0.25) is 0 Å². The van der Waals surface area contributed by atoms with Crippen LogP contribution in [0.4, 0.5) is 17.6 Å². The third kappa shape index (κ3) is 6.47. The number of alkyl halides is 3. The molecule has 0 saturated carbocycles. The quantitative estimate of drug-likeness (QED) is 0.420. The fourth-order valence-corrected chi connectivity index (χ4v) is 2.93. The molecule has 0 atom stereocenters. The van der Waals surface area contributed by atoms with Gasteiger partial charge >= 0.3 is 6.18 Å². The zero-order valence-corrected chi connectivity index (χ0v) is 15.7. The van der Waals surface area contributed by atoms with Gasteiger partial charge in [0.1, 0.15) is 10.8 Å². The summed E-state index contributed by atoms with van der Waals surface area (Å²) in [5.74, 6) is 0.0812. The van der Waals surface area contributed by atoms with Gasteiger partial charge in [-0.05, 0) is 24.6 Å². The lowest BCUT2D eigenvalue weighted by atomic mass is 10.1. The summed E-state index contributed by atoms with van der Waals surface area (Å²) in [6.45, 7) is 3.00. The maximum atomic E-state index is 13.6. The molecule has 2 rings (SSSR count). The van der Waals surface area contributed by atoms with Crippen molar-refractivity contribution in [2.75, 3.05) is 13.7 Å². The van der Waals surface area contributed by atoms with Gasteiger partial charge in [-0.15, -0.1) is 11.3 Å². The summed E-state index contributed by atoms with van der Waals surface area (Å²) in [6, 6.07) is 4.65. The standard InChI is InChI=1S/C17H20F4N4OS/c1-3-22-16(24-8-15-25-14(10-27-15)17(19,20)21)23-7-11-4-5-13(18)12(6-11)9-26-2/h4-6,10H,3,7-9H2,1-2H3,(H2,22,23,24). The summed E-state index contributed by atoms with van der Waals surface area (Å²) in [6.07, 6.45) is -4.45. The number of methoxy groups -OCH3 is 1. The molecule has 0 aliphatic rings. The number of nitrogens with zero attached hydrogens (tertiary/aromatic N) is 2. The topological polar surface area (TPSA) is 58.5 Å². The lowest BCUT2D eigenvalue weighted by Gasteiger charge is -2.10. The molecule has 0 radical (unpaired) electrons. The van der Waals surface area contributed by atoms with Crippen molar-refractivity contribution in [3.05, 3.63) is 51.2 Å². The van der Waals surface area contributed by atoms with Crippen molar-refractivity contribution in [1.82, 2.24) is 15.6 Å². The molecule has 1 aromatic heterocycles. The van der Waals surface area contributed by atoms with Crippen LogP contribution in [0.3, 0.4) is 0 Å². The molecule has 0 amide bonds. The van der Waals surface area contributed by atoms with E-state index in [1.165, 1.54) is 13.2 Å². The molecular weight excluding hydrogens is 384 g/mol. The van der Waals surface area contributed by atoms with Crippen LogP contribution in [0.15, 0.2) is 28.6 Å². The van der Waals surface area contributed by atoms with Gasteiger partial charge in [0.25, 0.3) is 0 Å². The molecule has 0 aliphatic heterocycles. The molecule has 2 aromatic rings. The third-order valence-corrected chi connectivity index (χ3v) is 4.27. The summed E-state index contributed by atoms with van der Waals surface area (Å²) >= 11 is 0.928. The molecule has 27 heavy (non-hydrogen) atoms. The van der Waals surface area contributed by atoms with Crippen LogP contribution in [0.25, 0.3) is 0 Å². The smallest absolute Gasteiger partial charge is 0.380 e. The normalized spacial score (nSPS) is 12.3. The van der Waals surface area contributed by atoms with E-state index in [1.54, 1.807) is 12.1 Å². The van der Waals surface area contributed by atoms with Crippen molar-refractivity contribution in [3.8, 4) is 0 Å². The van der Waals surface area contributed by atoms with Crippen LogP contribution >= 0.6 is 11.3 Å². The molecule has 148 valence electrons. The number of benzene rings is 1. The Morgan fingerprint density at radius 2 is 2.07 bits per heavy atom. The Labute approximate surface area is 158 Å². The van der Waals surface area contributed by atoms with Crippen molar-refractivity contribution >= 4 is 17.3 Å². The minimum absolute atomic E-state index is 0.116. The van der Waals surface area contributed by atoms with Crippen LogP contribution in [0, 0.1) is 5.82 Å². The van der Waals surface area contributed by atoms with Gasteiger partial charge < -0.3 is 15.4 Å². The highest BCUT2D eigenvalue weighted by Gasteiger charge is 2.33. The zero-order valence-electron chi connectivity index (χ0n) is 14.9. The van der Waals surface area contributed by atoms with Gasteiger partial charge in [-0.3, -0.25) is 0 Å². The Balaban J connectivity index is 2.02. The molecule has 2 N–H and O–H groups in total. The fraction of sp³-hybridized carbons (Fsp3) is 0.412. The molecule has 0 spiro atoms. The Kier molecular flexibility index (Phi) is 7.55. The van der Waals surface area contributed by atoms with E-state index in [4.69, 9.17) is 4.74 Å². The largest absolute Gasteiger partial charge is 0.434 e. The van der Waals surface area contributed by atoms with Crippen LogP contribution in [-0.4, -0.2) is 24.6 Å². The second-order valence-corrected chi connectivity index (χ2v) is 6.47. The van der Waals surface area contributed by atoms with Crippen LogP contribution in [0.5, 0.6) is 0 Å². The number of halogens is 4. The van der Waals surface area contributed by atoms with Crippen molar-refractivity contribution in [2.24, 2.45) is 4.99 Å². The first-order valence-corrected chi connectivity index (χ1v) is 9.01. The SMILES string of the molecule is CCNC(=NCc1ccc(F)c(COC)c1)NCc1nc(C(F)(F)F)cs1. The van der Waals surface area contributed by atoms with Crippen LogP contribution in [0.1, 0.15) is 28.8 Å². The van der Waals surface area contributed by atoms with E-state index in [-0.39, 0.29) is 25.5 Å². The number of rotatable bonds is 7. The second kappa shape index (κ2) is 9.65. The van der Waals surface area contributed by atoms with E-state index in [9.17, 15) is 17.6 Å². The summed E-state index contributed by atoms with van der Waals surface area (Å²) in [5.41, 5.74) is 0.322. The predicted molar refractivity (Wildman–Crippen MR) is 95.9 cm³/mol. The monoisotopic (exact) mass is 404 g/mol. The maximum Gasteiger partial charge on any atom is 0.434 e. The molecule has 1 aromatic carbocycles. The third-order valence-electron chi connectivity index (χ3n) is 3.42. The minimum atomic E-state index is -4.45. The first kappa shape index (κ1) is 21.1. The Bertz CT molecular complexity index is 777. The van der Waals surface area contributed by atoms with Gasteiger partial charge in [-0.1, -0.05) is 6.07 Å². The number of ether oxygens (including phenoxy) is 1. The van der Waals surface area contributed by atoms with E-state index in [0.717, 1.165) is 22.3 Å². The lowest BCUT2D eigenvalue weighted by Crippen LogP contribution is -2.36. The molecule has 5 nitrogen and oxygen atoms in total. The number of nitrogens with one attached hydrogen (secondary N) is 2. The lowest BCUT2D eigenvalue weighted by molar-refractivity contribution is -0.140. The van der Waals surface area contributed by atoms with E-state index in [2.05, 4.69) is 20.6 Å². The number of aromatic nitrogens is 1. The van der Waals surface area contributed by atoms with Crippen LogP contribution in [0.2, 0.25) is 0 Å². The molecule has 10 heteroatoms. The molecule has 0 fully saturated rings. The molecule has 0 aliphatic carbocycles. The van der Waals surface area contributed by atoms with Gasteiger partial charge in [0, 0.05) is 24.6 Å². The zero-order chi connectivity index (χ0) is 19.9. The van der Waals surface area contributed by atoms with Gasteiger partial charge in [0.05, 0.1) is 19.7 Å². The second-order valence-electron chi connectivity index (χ2n) is 5.53. The van der Waals surface area contributed by atoms with Crippen LogP contribution < -0.4 is 10.6 Å². The summed E-state index contributed by atoms with van der Waals surface area (Å²) in [4.78, 5) is 7.94. The fourth-order valence-electron chi connectivity index (χ4n) is 2.19. The predicted octanol–water partition coefficient (Wildman–Crippen LogP) is 3.70. The van der Waals surface area contributed by atoms with Crippen molar-refractivity contribution < 1.29 is 22.3 Å². The van der Waals surface area contributed by atoms with E-state index in [0.29, 0.717) is 23.1 Å². The summed E-state index contributed by atoms with van der Waals surface area (Å²) < 4.78 is 56.4. The molecular formula is C17H20F4N4OS. The van der Waals surface area contributed by atoms with E-state index < -0.39 is 11.9 Å². The highest BCUT2D eigenvalue weighted by atomic mass is 32.1. The number of guanidine groups is 1. The molecule has 0 saturated heterocycles. The number of hydrogen-bond acceptors (Lipinski definition) is 4. The molecule has 0 unspecified atom stereocenters. The highest BCUT2D eigenvalue weighted by Crippen LogP contribution is 2.29. The van der Waals surface area contributed by atoms with Crippen molar-refractivity contribution in [2.45, 2.75) is 32.8 Å². The van der Waals surface area contributed by atoms with Crippen molar-refractivity contribution in [1.29, 1.82) is 0 Å². The van der Waals surface area contributed by atoms with Gasteiger partial charge in [0.15, 0.2) is 11.7 Å². The van der Waals surface area contributed by atoms with Crippen molar-refractivity contribution in [3.63, 3.8) is 0 Å². The molecule has 1 heterocycles. The Morgan fingerprint density at radius 1 is 1.30 bits per heavy atom. The maximum absolute atomic E-state index is 13.6. The first-order chi connectivity index (χ1) is 12.8. The first-order valence-electron chi connectivity index (χ1n) is 8.13. The minimum Gasteiger partial charge on any atom is -0.380 e. The highest BCUT2D eigenvalue weighted by molar-refractivity contribution is 7.09. The van der Waals surface area contributed by atoms with Crippen LogP contribution in [-0.2, 0) is 30.6 Å². The number of aliphatic imine (C=N–C) groups is 1. The van der Waals surface area contributed by atoms with Gasteiger partial charge in [-0.2, -0.15) is 13.2 Å². The van der Waals surface area contributed by atoms with Gasteiger partial charge in [-0.25, -0.2) is 14.4 Å². The average molecular weight is 404 g/mol. The number of hydrogen-bond donors (Lipinski definition) is 2. The summed E-state index contributed by atoms with van der Waals surface area (Å²) in [5, 5.41) is 7.24. The Morgan fingerprint density at radius 3 is 2.70 bits per heavy atom. The average Bonchev–Trinajstić information content (AvgIpc) is 3.09. The number of thiazole rings is 1. The Hall–Kier alpha value is -2.20. The van der Waals surface area contributed by atoms with E-state index in [1.807, 2.05) is 6.92 Å². The molecule has 0 bridgehead atoms. The van der Waals surface area contributed by atoms with E-state index >= 15 is 0 Å².